The number of hydrogen-bond donors (Lipinski definition) is 3. The Bertz CT molecular complexity index is 937. The number of amides is 1. The number of aromatic nitrogens is 1. The van der Waals surface area contributed by atoms with Crippen molar-refractivity contribution in [2.24, 2.45) is 4.99 Å². The summed E-state index contributed by atoms with van der Waals surface area (Å²) in [4.78, 5) is 25.6. The third kappa shape index (κ3) is 5.32. The topological polar surface area (TPSA) is 84.9 Å². The molecule has 2 aliphatic heterocycles. The van der Waals surface area contributed by atoms with E-state index in [1.165, 1.54) is 0 Å². The summed E-state index contributed by atoms with van der Waals surface area (Å²) >= 11 is 0. The van der Waals surface area contributed by atoms with Crippen LogP contribution in [-0.4, -0.2) is 68.6 Å². The Morgan fingerprint density at radius 1 is 1.19 bits per heavy atom. The van der Waals surface area contributed by atoms with Gasteiger partial charge in [0.2, 0.25) is 5.91 Å². The smallest absolute Gasteiger partial charge is 0.225 e. The predicted molar refractivity (Wildman–Crippen MR) is 125 cm³/mol. The minimum absolute atomic E-state index is 0.0571. The molecule has 0 aliphatic carbocycles. The second kappa shape index (κ2) is 9.78. The lowest BCUT2D eigenvalue weighted by molar-refractivity contribution is -0.116. The highest BCUT2D eigenvalue weighted by Crippen LogP contribution is 2.31. The zero-order valence-electron chi connectivity index (χ0n) is 18.3. The molecule has 2 aromatic rings. The van der Waals surface area contributed by atoms with Crippen molar-refractivity contribution in [2.45, 2.75) is 18.9 Å². The van der Waals surface area contributed by atoms with Gasteiger partial charge in [-0.15, -0.1) is 0 Å². The van der Waals surface area contributed by atoms with E-state index in [1.807, 2.05) is 30.5 Å². The number of guanidine groups is 1. The first kappa shape index (κ1) is 21.1. The van der Waals surface area contributed by atoms with Gasteiger partial charge in [0, 0.05) is 70.5 Å². The summed E-state index contributed by atoms with van der Waals surface area (Å²) in [6.45, 7) is 5.42. The fourth-order valence-corrected chi connectivity index (χ4v) is 4.09. The molecule has 3 N–H and O–H groups in total. The second-order valence-corrected chi connectivity index (χ2v) is 8.16. The van der Waals surface area contributed by atoms with Gasteiger partial charge >= 0.3 is 0 Å². The summed E-state index contributed by atoms with van der Waals surface area (Å²) in [5.41, 5.74) is 3.23. The molecule has 1 amide bonds. The molecule has 31 heavy (non-hydrogen) atoms. The molecule has 2 aliphatic rings. The van der Waals surface area contributed by atoms with Crippen LogP contribution in [-0.2, 0) is 11.3 Å². The fourth-order valence-electron chi connectivity index (χ4n) is 4.09. The molecule has 8 nitrogen and oxygen atoms in total. The lowest BCUT2D eigenvalue weighted by Crippen LogP contribution is -2.44. The number of nitrogens with zero attached hydrogens (tertiary/aromatic N) is 4. The highest BCUT2D eigenvalue weighted by molar-refractivity contribution is 5.94. The molecular weight excluding hydrogens is 390 g/mol. The summed E-state index contributed by atoms with van der Waals surface area (Å²) in [6.07, 6.45) is 2.35. The van der Waals surface area contributed by atoms with Crippen molar-refractivity contribution in [1.29, 1.82) is 0 Å². The molecule has 0 radical (unpaired) electrons. The molecule has 0 spiro atoms. The van der Waals surface area contributed by atoms with Crippen LogP contribution < -0.4 is 20.9 Å². The number of hydrogen-bond acceptors (Lipinski definition) is 5. The summed E-state index contributed by atoms with van der Waals surface area (Å²) in [5.74, 6) is 1.93. The first-order valence-corrected chi connectivity index (χ1v) is 10.8. The molecule has 1 aromatic heterocycles. The van der Waals surface area contributed by atoms with E-state index in [0.717, 1.165) is 54.8 Å². The van der Waals surface area contributed by atoms with E-state index < -0.39 is 0 Å². The molecule has 0 bridgehead atoms. The first-order valence-electron chi connectivity index (χ1n) is 10.8. The normalized spacial score (nSPS) is 19.5. The number of carbonyl (C=O) groups excluding carboxylic acids is 1. The molecule has 1 saturated heterocycles. The van der Waals surface area contributed by atoms with Crippen LogP contribution in [0, 0.1) is 0 Å². The van der Waals surface area contributed by atoms with Gasteiger partial charge in [0.25, 0.3) is 0 Å². The number of benzene rings is 1. The fraction of sp³-hybridized carbons (Fsp3) is 0.435. The SMILES string of the molecule is CN=C(NCc1ccnc(N2CCN(C)CC2)c1)NCC1CC(=O)Nc2ccccc21. The van der Waals surface area contributed by atoms with Gasteiger partial charge in [-0.2, -0.15) is 0 Å². The van der Waals surface area contributed by atoms with Crippen molar-refractivity contribution >= 4 is 23.4 Å². The average molecular weight is 422 g/mol. The van der Waals surface area contributed by atoms with Crippen molar-refractivity contribution in [3.05, 3.63) is 53.7 Å². The number of anilines is 2. The monoisotopic (exact) mass is 421 g/mol. The molecule has 8 heteroatoms. The van der Waals surface area contributed by atoms with Crippen molar-refractivity contribution in [2.75, 3.05) is 57.0 Å². The summed E-state index contributed by atoms with van der Waals surface area (Å²) in [6, 6.07) is 12.2. The van der Waals surface area contributed by atoms with Crippen LogP contribution in [0.25, 0.3) is 0 Å². The molecule has 1 aromatic carbocycles. The third-order valence-corrected chi connectivity index (χ3v) is 5.94. The van der Waals surface area contributed by atoms with E-state index >= 15 is 0 Å². The number of nitrogens with one attached hydrogen (secondary N) is 3. The van der Waals surface area contributed by atoms with Crippen molar-refractivity contribution in [3.63, 3.8) is 0 Å². The number of rotatable bonds is 5. The van der Waals surface area contributed by atoms with Crippen LogP contribution in [0.2, 0.25) is 0 Å². The highest BCUT2D eigenvalue weighted by atomic mass is 16.1. The molecule has 4 rings (SSSR count). The minimum Gasteiger partial charge on any atom is -0.356 e. The van der Waals surface area contributed by atoms with Crippen LogP contribution in [0.4, 0.5) is 11.5 Å². The van der Waals surface area contributed by atoms with Gasteiger partial charge in [0.15, 0.2) is 5.96 Å². The van der Waals surface area contributed by atoms with E-state index in [2.05, 4.69) is 54.9 Å². The number of piperazine rings is 1. The molecule has 3 heterocycles. The zero-order valence-corrected chi connectivity index (χ0v) is 18.3. The van der Waals surface area contributed by atoms with Gasteiger partial charge in [-0.25, -0.2) is 4.98 Å². The number of likely N-dealkylation sites (N-methyl/N-ethyl adjacent to an activating group) is 1. The van der Waals surface area contributed by atoms with Gasteiger partial charge in [-0.05, 0) is 36.4 Å². The van der Waals surface area contributed by atoms with Crippen molar-refractivity contribution in [1.82, 2.24) is 20.5 Å². The summed E-state index contributed by atoms with van der Waals surface area (Å²) in [7, 11) is 3.92. The average Bonchev–Trinajstić information content (AvgIpc) is 2.79. The van der Waals surface area contributed by atoms with E-state index in [1.54, 1.807) is 7.05 Å². The van der Waals surface area contributed by atoms with Gasteiger partial charge < -0.3 is 25.8 Å². The molecule has 1 atom stereocenters. The Morgan fingerprint density at radius 3 is 2.81 bits per heavy atom. The maximum atomic E-state index is 12.0. The van der Waals surface area contributed by atoms with E-state index in [9.17, 15) is 4.79 Å². The van der Waals surface area contributed by atoms with Crippen LogP contribution in [0.3, 0.4) is 0 Å². The predicted octanol–water partition coefficient (Wildman–Crippen LogP) is 1.62. The molecular formula is C23H31N7O. The maximum absolute atomic E-state index is 12.0. The van der Waals surface area contributed by atoms with Crippen molar-refractivity contribution in [3.8, 4) is 0 Å². The Morgan fingerprint density at radius 2 is 2.00 bits per heavy atom. The van der Waals surface area contributed by atoms with Gasteiger partial charge in [0.05, 0.1) is 0 Å². The summed E-state index contributed by atoms with van der Waals surface area (Å²) < 4.78 is 0. The minimum atomic E-state index is 0.0571. The molecule has 1 fully saturated rings. The number of aliphatic imine (C=N–C) groups is 1. The van der Waals surface area contributed by atoms with E-state index in [0.29, 0.717) is 19.5 Å². The van der Waals surface area contributed by atoms with E-state index in [-0.39, 0.29) is 11.8 Å². The number of fused-ring (bicyclic) bond motifs is 1. The van der Waals surface area contributed by atoms with Gasteiger partial charge in [-0.1, -0.05) is 18.2 Å². The van der Waals surface area contributed by atoms with Crippen LogP contribution >= 0.6 is 0 Å². The van der Waals surface area contributed by atoms with Gasteiger partial charge in [-0.3, -0.25) is 9.79 Å². The largest absolute Gasteiger partial charge is 0.356 e. The number of pyridine rings is 1. The van der Waals surface area contributed by atoms with Crippen LogP contribution in [0.1, 0.15) is 23.5 Å². The quantitative estimate of drug-likeness (QED) is 0.503. The first-order chi connectivity index (χ1) is 15.1. The Hall–Kier alpha value is -3.13. The third-order valence-electron chi connectivity index (χ3n) is 5.94. The van der Waals surface area contributed by atoms with Crippen molar-refractivity contribution < 1.29 is 4.79 Å². The Balaban J connectivity index is 1.32. The standard InChI is InChI=1S/C23H31N7O/c1-24-23(27-16-18-14-22(31)28-20-6-4-3-5-19(18)20)26-15-17-7-8-25-21(13-17)30-11-9-29(2)10-12-30/h3-8,13,18H,9-12,14-16H2,1-2H3,(H,28,31)(H2,24,26,27). The zero-order chi connectivity index (χ0) is 21.6. The van der Waals surface area contributed by atoms with Gasteiger partial charge in [0.1, 0.15) is 5.82 Å². The van der Waals surface area contributed by atoms with Crippen LogP contribution in [0.5, 0.6) is 0 Å². The Labute approximate surface area is 183 Å². The van der Waals surface area contributed by atoms with E-state index in [4.69, 9.17) is 0 Å². The summed E-state index contributed by atoms with van der Waals surface area (Å²) in [5, 5.41) is 9.71. The molecule has 1 unspecified atom stereocenters. The maximum Gasteiger partial charge on any atom is 0.225 e. The number of para-hydroxylation sites is 1. The molecule has 164 valence electrons. The lowest BCUT2D eigenvalue weighted by atomic mass is 9.90. The Kier molecular flexibility index (Phi) is 6.66. The lowest BCUT2D eigenvalue weighted by Gasteiger charge is -2.33. The highest BCUT2D eigenvalue weighted by Gasteiger charge is 2.24. The number of carbonyl (C=O) groups is 1. The molecule has 0 saturated carbocycles. The second-order valence-electron chi connectivity index (χ2n) is 8.16. The van der Waals surface area contributed by atoms with Crippen LogP contribution in [0.15, 0.2) is 47.6 Å².